The highest BCUT2D eigenvalue weighted by atomic mass is 16.6. The highest BCUT2D eigenvalue weighted by molar-refractivity contribution is 5.98. The number of hydrogen-bond donors (Lipinski definition) is 1. The van der Waals surface area contributed by atoms with Crippen molar-refractivity contribution < 1.29 is 43.2 Å². The van der Waals surface area contributed by atoms with Crippen LogP contribution in [0.4, 0.5) is 0 Å². The van der Waals surface area contributed by atoms with E-state index in [0.717, 1.165) is 5.57 Å². The van der Waals surface area contributed by atoms with Gasteiger partial charge >= 0.3 is 17.9 Å². The number of rotatable bonds is 4. The Bertz CT molecular complexity index is 1270. The summed E-state index contributed by atoms with van der Waals surface area (Å²) in [5, 5.41) is 11.0. The number of allylic oxidation sites excluding steroid dienone is 1. The highest BCUT2D eigenvalue weighted by Gasteiger charge is 2.81. The molecular formula is C32H42O9. The zero-order chi connectivity index (χ0) is 29.8. The third kappa shape index (κ3) is 3.73. The number of carbonyl (C=O) groups is 4. The van der Waals surface area contributed by atoms with Gasteiger partial charge in [-0.25, -0.2) is 4.79 Å². The summed E-state index contributed by atoms with van der Waals surface area (Å²) in [5.74, 6) is -1.92. The molecule has 4 aliphatic carbocycles. The lowest BCUT2D eigenvalue weighted by Gasteiger charge is -2.60. The molecule has 1 spiro atoms. The fourth-order valence-corrected chi connectivity index (χ4v) is 10.2. The molecule has 3 saturated carbocycles. The average Bonchev–Trinajstić information content (AvgIpc) is 3.55. The van der Waals surface area contributed by atoms with E-state index in [-0.39, 0.29) is 47.4 Å². The van der Waals surface area contributed by atoms with E-state index in [4.69, 9.17) is 18.9 Å². The standard InChI is InChI=1S/C32H42O9/c1-14-10-22(40-29(37)15(14)2)16(3)28-23(38-17(4)33)12-20-19-11-27-32(41-27)25(36)9-8-24(35)31(32,7)21(19)13-26(30(20,28)6)39-18(5)34/h8-9,16,19-23,25-28,36H,10-13H2,1-7H3/t16-,19+,20+,21+,22?,23?,25?,26?,27?,28+,30-,31+,32?/m1/s1. The van der Waals surface area contributed by atoms with Gasteiger partial charge in [0, 0.05) is 43.1 Å². The first-order chi connectivity index (χ1) is 19.2. The summed E-state index contributed by atoms with van der Waals surface area (Å²) in [4.78, 5) is 51.4. The maximum atomic E-state index is 13.7. The van der Waals surface area contributed by atoms with Gasteiger partial charge in [-0.1, -0.05) is 19.4 Å². The molecule has 0 bridgehead atoms. The fraction of sp³-hybridized carbons (Fsp3) is 0.750. The third-order valence-electron chi connectivity index (χ3n) is 12.3. The van der Waals surface area contributed by atoms with Gasteiger partial charge in [0.2, 0.25) is 0 Å². The maximum absolute atomic E-state index is 13.7. The molecule has 224 valence electrons. The summed E-state index contributed by atoms with van der Waals surface area (Å²) in [5.41, 5.74) is -0.969. The second kappa shape index (κ2) is 9.24. The average molecular weight is 571 g/mol. The topological polar surface area (TPSA) is 129 Å². The van der Waals surface area contributed by atoms with E-state index in [1.807, 2.05) is 20.8 Å². The molecule has 0 aromatic rings. The molecule has 1 N–H and O–H groups in total. The molecule has 6 rings (SSSR count). The van der Waals surface area contributed by atoms with Crippen molar-refractivity contribution in [3.8, 4) is 0 Å². The minimum absolute atomic E-state index is 0.0214. The van der Waals surface area contributed by atoms with E-state index in [2.05, 4.69) is 6.92 Å². The van der Waals surface area contributed by atoms with Crippen molar-refractivity contribution in [2.75, 3.05) is 0 Å². The zero-order valence-electron chi connectivity index (χ0n) is 25.0. The van der Waals surface area contributed by atoms with Gasteiger partial charge in [0.05, 0.1) is 11.5 Å². The fourth-order valence-electron chi connectivity index (χ4n) is 10.2. The smallest absolute Gasteiger partial charge is 0.333 e. The van der Waals surface area contributed by atoms with Gasteiger partial charge in [-0.05, 0) is 69.9 Å². The zero-order valence-corrected chi connectivity index (χ0v) is 25.0. The SMILES string of the molecule is CC(=O)OC1C[C@H]2[C@@H]3CC4OC45C(O)C=CC(=O)[C@]5(C)[C@H]3CC(OC(C)=O)[C@]2(C)[C@H]1[C@H](C)C1CC(C)=C(C)C(=O)O1. The van der Waals surface area contributed by atoms with Crippen molar-refractivity contribution in [2.45, 2.75) is 110 Å². The van der Waals surface area contributed by atoms with Crippen molar-refractivity contribution in [3.05, 3.63) is 23.3 Å². The lowest BCUT2D eigenvalue weighted by Crippen LogP contribution is -2.66. The predicted octanol–water partition coefficient (Wildman–Crippen LogP) is 3.46. The van der Waals surface area contributed by atoms with Crippen LogP contribution in [0.1, 0.15) is 74.1 Å². The lowest BCUT2D eigenvalue weighted by atomic mass is 9.43. The van der Waals surface area contributed by atoms with Crippen LogP contribution < -0.4 is 0 Å². The van der Waals surface area contributed by atoms with E-state index >= 15 is 0 Å². The van der Waals surface area contributed by atoms with Crippen LogP contribution in [-0.2, 0) is 38.1 Å². The van der Waals surface area contributed by atoms with Gasteiger partial charge in [0.1, 0.15) is 30.0 Å². The monoisotopic (exact) mass is 570 g/mol. The molecule has 0 aromatic carbocycles. The Morgan fingerprint density at radius 3 is 2.37 bits per heavy atom. The number of aliphatic hydroxyl groups is 1. The van der Waals surface area contributed by atoms with E-state index in [1.54, 1.807) is 6.92 Å². The molecule has 9 heteroatoms. The van der Waals surface area contributed by atoms with Crippen LogP contribution in [0.3, 0.4) is 0 Å². The van der Waals surface area contributed by atoms with Crippen molar-refractivity contribution in [1.29, 1.82) is 0 Å². The van der Waals surface area contributed by atoms with E-state index in [0.29, 0.717) is 31.3 Å². The number of ether oxygens (including phenoxy) is 4. The minimum atomic E-state index is -0.979. The summed E-state index contributed by atoms with van der Waals surface area (Å²) < 4.78 is 24.4. The second-order valence-electron chi connectivity index (χ2n) is 13.9. The van der Waals surface area contributed by atoms with E-state index in [9.17, 15) is 24.3 Å². The lowest BCUT2D eigenvalue weighted by molar-refractivity contribution is -0.196. The number of epoxide rings is 1. The van der Waals surface area contributed by atoms with Crippen LogP contribution in [0.5, 0.6) is 0 Å². The number of ketones is 1. The van der Waals surface area contributed by atoms with E-state index in [1.165, 1.54) is 26.0 Å². The van der Waals surface area contributed by atoms with Crippen LogP contribution >= 0.6 is 0 Å². The number of cyclic esters (lactones) is 1. The molecule has 0 aromatic heterocycles. The minimum Gasteiger partial charge on any atom is -0.462 e. The number of aliphatic hydroxyl groups excluding tert-OH is 1. The van der Waals surface area contributed by atoms with Gasteiger partial charge < -0.3 is 24.1 Å². The third-order valence-corrected chi connectivity index (χ3v) is 12.3. The Kier molecular flexibility index (Phi) is 6.44. The Morgan fingerprint density at radius 1 is 1.05 bits per heavy atom. The second-order valence-corrected chi connectivity index (χ2v) is 13.9. The van der Waals surface area contributed by atoms with Gasteiger partial charge in [-0.15, -0.1) is 0 Å². The summed E-state index contributed by atoms with van der Waals surface area (Å²) in [6.45, 7) is 12.6. The molecule has 9 nitrogen and oxygen atoms in total. The molecule has 6 aliphatic rings. The number of fused-ring (bicyclic) bond motifs is 4. The first-order valence-corrected chi connectivity index (χ1v) is 15.0. The van der Waals surface area contributed by atoms with Crippen molar-refractivity contribution in [2.24, 2.45) is 40.4 Å². The number of esters is 3. The quantitative estimate of drug-likeness (QED) is 0.307. The molecule has 4 fully saturated rings. The first-order valence-electron chi connectivity index (χ1n) is 15.0. The summed E-state index contributed by atoms with van der Waals surface area (Å²) in [7, 11) is 0. The van der Waals surface area contributed by atoms with Gasteiger partial charge in [-0.2, -0.15) is 0 Å². The Morgan fingerprint density at radius 2 is 1.73 bits per heavy atom. The van der Waals surface area contributed by atoms with Crippen LogP contribution in [-0.4, -0.2) is 64.9 Å². The molecule has 2 aliphatic heterocycles. The summed E-state index contributed by atoms with van der Waals surface area (Å²) in [6, 6.07) is 0. The Labute approximate surface area is 241 Å². The molecule has 13 atom stereocenters. The first kappa shape index (κ1) is 28.6. The van der Waals surface area contributed by atoms with Crippen LogP contribution in [0.25, 0.3) is 0 Å². The van der Waals surface area contributed by atoms with Gasteiger partial charge in [0.25, 0.3) is 0 Å². The predicted molar refractivity (Wildman–Crippen MR) is 145 cm³/mol. The Hall–Kier alpha value is -2.52. The number of carbonyl (C=O) groups excluding carboxylic acids is 4. The largest absolute Gasteiger partial charge is 0.462 e. The molecule has 41 heavy (non-hydrogen) atoms. The molecule has 6 unspecified atom stereocenters. The highest BCUT2D eigenvalue weighted by Crippen LogP contribution is 2.73. The van der Waals surface area contributed by atoms with Crippen molar-refractivity contribution in [1.82, 2.24) is 0 Å². The molecule has 2 heterocycles. The van der Waals surface area contributed by atoms with E-state index < -0.39 is 52.8 Å². The molecular weight excluding hydrogens is 528 g/mol. The summed E-state index contributed by atoms with van der Waals surface area (Å²) >= 11 is 0. The maximum Gasteiger partial charge on any atom is 0.333 e. The van der Waals surface area contributed by atoms with Crippen molar-refractivity contribution >= 4 is 23.7 Å². The molecule has 1 saturated heterocycles. The Balaban J connectivity index is 1.44. The van der Waals surface area contributed by atoms with Crippen LogP contribution in [0.15, 0.2) is 23.3 Å². The van der Waals surface area contributed by atoms with Crippen LogP contribution in [0.2, 0.25) is 0 Å². The normalized spacial score (nSPS) is 48.7. The molecule has 0 radical (unpaired) electrons. The summed E-state index contributed by atoms with van der Waals surface area (Å²) in [6.07, 6.45) is 2.62. The number of hydrogen-bond acceptors (Lipinski definition) is 9. The van der Waals surface area contributed by atoms with Gasteiger partial charge in [0.15, 0.2) is 5.78 Å². The van der Waals surface area contributed by atoms with Crippen LogP contribution in [0, 0.1) is 40.4 Å². The van der Waals surface area contributed by atoms with Gasteiger partial charge in [-0.3, -0.25) is 14.4 Å². The molecule has 0 amide bonds. The van der Waals surface area contributed by atoms with Crippen molar-refractivity contribution in [3.63, 3.8) is 0 Å².